The van der Waals surface area contributed by atoms with Crippen LogP contribution in [-0.4, -0.2) is 60.5 Å². The van der Waals surface area contributed by atoms with Gasteiger partial charge in [0.1, 0.15) is 18.3 Å². The van der Waals surface area contributed by atoms with E-state index in [9.17, 15) is 29.7 Å². The number of nitrogens with zero attached hydrogens (tertiary/aromatic N) is 2. The topological polar surface area (TPSA) is 157 Å². The molecule has 11 heteroatoms. The lowest BCUT2D eigenvalue weighted by Crippen LogP contribution is -2.44. The average Bonchev–Trinajstić information content (AvgIpc) is 2.97. The molecule has 5 atom stereocenters. The fourth-order valence-corrected chi connectivity index (χ4v) is 3.95. The summed E-state index contributed by atoms with van der Waals surface area (Å²) in [7, 11) is 0. The average molecular weight is 446 g/mol. The maximum atomic E-state index is 12.8. The number of amides is 1. The van der Waals surface area contributed by atoms with Crippen molar-refractivity contribution in [3.63, 3.8) is 0 Å². The van der Waals surface area contributed by atoms with Crippen LogP contribution in [0.3, 0.4) is 0 Å². The third-order valence-electron chi connectivity index (χ3n) is 5.26. The van der Waals surface area contributed by atoms with Crippen molar-refractivity contribution in [2.24, 2.45) is 5.73 Å². The second-order valence-electron chi connectivity index (χ2n) is 7.71. The van der Waals surface area contributed by atoms with Crippen LogP contribution in [0.25, 0.3) is 0 Å². The molecule has 3 unspecified atom stereocenters. The van der Waals surface area contributed by atoms with E-state index in [1.54, 1.807) is 6.92 Å². The minimum absolute atomic E-state index is 0.0648. The number of nitrogens with two attached hydrogens (primary N) is 1. The molecule has 0 spiro atoms. The van der Waals surface area contributed by atoms with E-state index in [4.69, 9.17) is 10.5 Å². The molecule has 1 fully saturated rings. The van der Waals surface area contributed by atoms with E-state index in [1.807, 2.05) is 0 Å². The highest BCUT2D eigenvalue weighted by Gasteiger charge is 2.44. The monoisotopic (exact) mass is 445 g/mol. The van der Waals surface area contributed by atoms with Crippen molar-refractivity contribution in [2.45, 2.75) is 81.8 Å². The Bertz CT molecular complexity index is 840. The molecule has 2 rings (SSSR count). The zero-order valence-electron chi connectivity index (χ0n) is 17.0. The summed E-state index contributed by atoms with van der Waals surface area (Å²) in [5, 5.41) is 29.3. The van der Waals surface area contributed by atoms with E-state index in [2.05, 4.69) is 12.6 Å². The number of aliphatic hydroxyl groups is 3. The highest BCUT2D eigenvalue weighted by Crippen LogP contribution is 2.28. The number of aryl methyl sites for hydroxylation is 1. The smallest absolute Gasteiger partial charge is 0.333 e. The Morgan fingerprint density at radius 1 is 1.23 bits per heavy atom. The largest absolute Gasteiger partial charge is 0.394 e. The number of ether oxygens (including phenoxy) is 1. The Balaban J connectivity index is 2.00. The molecule has 170 valence electrons. The number of unbranched alkanes of at least 4 members (excludes halogenated alkanes) is 3. The third kappa shape index (κ3) is 5.94. The lowest BCUT2D eigenvalue weighted by molar-refractivity contribution is -0.118. The molecule has 0 aromatic carbocycles. The summed E-state index contributed by atoms with van der Waals surface area (Å²) >= 11 is 4.31. The van der Waals surface area contributed by atoms with Crippen LogP contribution in [0.2, 0.25) is 0 Å². The summed E-state index contributed by atoms with van der Waals surface area (Å²) < 4.78 is 7.61. The van der Waals surface area contributed by atoms with Crippen LogP contribution < -0.4 is 17.0 Å². The third-order valence-corrected chi connectivity index (χ3v) is 5.70. The van der Waals surface area contributed by atoms with E-state index < -0.39 is 42.4 Å². The highest BCUT2D eigenvalue weighted by atomic mass is 32.1. The molecule has 10 nitrogen and oxygen atoms in total. The second-order valence-corrected chi connectivity index (χ2v) is 8.45. The maximum Gasteiger partial charge on any atom is 0.333 e. The molecule has 0 radical (unpaired) electrons. The van der Waals surface area contributed by atoms with Crippen molar-refractivity contribution in [1.82, 2.24) is 9.13 Å². The van der Waals surface area contributed by atoms with Gasteiger partial charge in [0.15, 0.2) is 6.23 Å². The van der Waals surface area contributed by atoms with Gasteiger partial charge in [-0.2, -0.15) is 12.6 Å². The molecule has 1 aromatic heterocycles. The predicted octanol–water partition coefficient (Wildman–Crippen LogP) is -0.946. The molecule has 1 aromatic rings. The first-order valence-electron chi connectivity index (χ1n) is 10.1. The van der Waals surface area contributed by atoms with Gasteiger partial charge in [-0.15, -0.1) is 0 Å². The number of primary amides is 1. The van der Waals surface area contributed by atoms with E-state index in [0.717, 1.165) is 34.8 Å². The number of aliphatic hydroxyl groups excluding tert-OH is 3. The minimum Gasteiger partial charge on any atom is -0.394 e. The molecule has 1 aliphatic rings. The van der Waals surface area contributed by atoms with E-state index in [0.29, 0.717) is 12.0 Å². The van der Waals surface area contributed by atoms with Gasteiger partial charge < -0.3 is 25.8 Å². The number of rotatable bonds is 11. The van der Waals surface area contributed by atoms with Crippen molar-refractivity contribution >= 4 is 18.5 Å². The number of hydrogen-bond acceptors (Lipinski definition) is 8. The van der Waals surface area contributed by atoms with E-state index in [1.165, 1.54) is 6.20 Å². The van der Waals surface area contributed by atoms with Crippen molar-refractivity contribution in [3.05, 3.63) is 32.6 Å². The summed E-state index contributed by atoms with van der Waals surface area (Å²) in [6.07, 6.45) is 0.459. The first-order chi connectivity index (χ1) is 14.2. The number of hydrogen-bond donors (Lipinski definition) is 5. The lowest BCUT2D eigenvalue weighted by atomic mass is 10.1. The molecule has 2 heterocycles. The van der Waals surface area contributed by atoms with Crippen molar-refractivity contribution in [1.29, 1.82) is 0 Å². The first-order valence-corrected chi connectivity index (χ1v) is 10.6. The first kappa shape index (κ1) is 24.6. The van der Waals surface area contributed by atoms with Gasteiger partial charge in [0.05, 0.1) is 6.61 Å². The second kappa shape index (κ2) is 11.1. The number of thiol groups is 1. The molecular weight excluding hydrogens is 414 g/mol. The van der Waals surface area contributed by atoms with Crippen LogP contribution >= 0.6 is 12.6 Å². The van der Waals surface area contributed by atoms with Crippen LogP contribution in [0.4, 0.5) is 0 Å². The summed E-state index contributed by atoms with van der Waals surface area (Å²) in [6, 6.07) is 0. The molecule has 0 saturated carbocycles. The summed E-state index contributed by atoms with van der Waals surface area (Å²) in [5.74, 6) is -0.376. The van der Waals surface area contributed by atoms with Gasteiger partial charge in [-0.1, -0.05) is 19.3 Å². The molecule has 30 heavy (non-hydrogen) atoms. The Hall–Kier alpha value is -1.66. The van der Waals surface area contributed by atoms with Gasteiger partial charge in [-0.3, -0.25) is 18.7 Å². The van der Waals surface area contributed by atoms with Crippen molar-refractivity contribution in [3.8, 4) is 0 Å². The summed E-state index contributed by atoms with van der Waals surface area (Å²) in [5.41, 5.74) is 4.38. The Labute approximate surface area is 179 Å². The molecule has 0 bridgehead atoms. The molecule has 5 N–H and O–H groups in total. The Kier molecular flexibility index (Phi) is 9.10. The molecule has 0 aliphatic carbocycles. The van der Waals surface area contributed by atoms with Gasteiger partial charge >= 0.3 is 5.69 Å². The molecular formula is C19H31N3O7S. The van der Waals surface area contributed by atoms with Crippen LogP contribution in [0.1, 0.15) is 50.3 Å². The van der Waals surface area contributed by atoms with Crippen LogP contribution in [-0.2, 0) is 16.1 Å². The van der Waals surface area contributed by atoms with Gasteiger partial charge in [0, 0.05) is 30.0 Å². The van der Waals surface area contributed by atoms with Gasteiger partial charge in [-0.05, 0) is 19.8 Å². The zero-order chi connectivity index (χ0) is 22.4. The minimum atomic E-state index is -1.40. The number of carbonyl (C=O) groups is 1. The predicted molar refractivity (Wildman–Crippen MR) is 112 cm³/mol. The van der Waals surface area contributed by atoms with E-state index >= 15 is 0 Å². The maximum absolute atomic E-state index is 12.8. The van der Waals surface area contributed by atoms with Gasteiger partial charge in [-0.25, -0.2) is 4.79 Å². The number of carbonyl (C=O) groups excluding carboxylic acids is 1. The van der Waals surface area contributed by atoms with Crippen LogP contribution in [0.15, 0.2) is 15.8 Å². The summed E-state index contributed by atoms with van der Waals surface area (Å²) in [4.78, 5) is 36.1. The SMILES string of the molecule is Cc1cn([C@@H]2O[C@H](CO)C(O)C2O)c(=O)n(CCCCCCC(S)CC(N)=O)c1=O. The lowest BCUT2D eigenvalue weighted by Gasteiger charge is -2.19. The number of aromatic nitrogens is 2. The zero-order valence-corrected chi connectivity index (χ0v) is 17.9. The molecule has 1 amide bonds. The van der Waals surface area contributed by atoms with Gasteiger partial charge in [0.2, 0.25) is 5.91 Å². The Morgan fingerprint density at radius 2 is 1.90 bits per heavy atom. The van der Waals surface area contributed by atoms with Gasteiger partial charge in [0.25, 0.3) is 5.56 Å². The van der Waals surface area contributed by atoms with Crippen LogP contribution in [0, 0.1) is 6.92 Å². The highest BCUT2D eigenvalue weighted by molar-refractivity contribution is 7.81. The van der Waals surface area contributed by atoms with Crippen LogP contribution in [0.5, 0.6) is 0 Å². The molecule has 1 aliphatic heterocycles. The van der Waals surface area contributed by atoms with Crippen molar-refractivity contribution < 1.29 is 24.9 Å². The van der Waals surface area contributed by atoms with Crippen molar-refractivity contribution in [2.75, 3.05) is 6.61 Å². The molecule has 1 saturated heterocycles. The Morgan fingerprint density at radius 3 is 2.50 bits per heavy atom. The quantitative estimate of drug-likeness (QED) is 0.217. The standard InChI is InChI=1S/C19H31N3O7S/c1-11-9-22(18-16(26)15(25)13(10-23)29-18)19(28)21(17(11)27)7-5-3-2-4-6-12(30)8-14(20)24/h9,12-13,15-16,18,23,25-26,30H,2-8,10H2,1H3,(H2,20,24)/t12?,13-,15?,16?,18-/m1/s1. The normalized spacial score (nSPS) is 24.8. The fraction of sp³-hybridized carbons (Fsp3) is 0.737. The fourth-order valence-electron chi connectivity index (χ4n) is 3.59. The summed E-state index contributed by atoms with van der Waals surface area (Å²) in [6.45, 7) is 1.26. The van der Waals surface area contributed by atoms with E-state index in [-0.39, 0.29) is 24.1 Å².